The van der Waals surface area contributed by atoms with E-state index in [2.05, 4.69) is 20.3 Å². The van der Waals surface area contributed by atoms with Crippen LogP contribution in [0.15, 0.2) is 12.7 Å². The monoisotopic (exact) mass is 281 g/mol. The van der Waals surface area contributed by atoms with Crippen LogP contribution in [0.2, 0.25) is 0 Å². The first-order valence-electron chi connectivity index (χ1n) is 6.15. The van der Waals surface area contributed by atoms with E-state index in [0.717, 1.165) is 0 Å². The molecule has 9 heteroatoms. The lowest BCUT2D eigenvalue weighted by Crippen LogP contribution is -2.33. The van der Waals surface area contributed by atoms with Gasteiger partial charge in [0.2, 0.25) is 0 Å². The van der Waals surface area contributed by atoms with Crippen molar-refractivity contribution in [3.05, 3.63) is 12.7 Å². The van der Waals surface area contributed by atoms with Gasteiger partial charge in [-0.15, -0.1) is 0 Å². The molecule has 0 saturated carbocycles. The van der Waals surface area contributed by atoms with Gasteiger partial charge in [-0.1, -0.05) is 0 Å². The Hall–Kier alpha value is -1.81. The molecule has 4 N–H and O–H groups in total. The van der Waals surface area contributed by atoms with E-state index in [9.17, 15) is 10.2 Å². The van der Waals surface area contributed by atoms with Crippen LogP contribution in [0.4, 0.5) is 5.82 Å². The predicted molar refractivity (Wildman–Crippen MR) is 67.9 cm³/mol. The van der Waals surface area contributed by atoms with Crippen molar-refractivity contribution in [3.63, 3.8) is 0 Å². The molecule has 0 spiro atoms. The second-order valence-corrected chi connectivity index (χ2v) is 4.53. The highest BCUT2D eigenvalue weighted by Gasteiger charge is 2.43. The molecule has 9 nitrogen and oxygen atoms in total. The molecule has 1 aliphatic heterocycles. The maximum Gasteiger partial charge on any atom is 0.167 e. The topological polar surface area (TPSA) is 126 Å². The maximum atomic E-state index is 10.0. The molecular formula is C11H15N5O4. The number of hydrogen-bond donors (Lipinski definition) is 4. The zero-order valence-corrected chi connectivity index (χ0v) is 10.7. The summed E-state index contributed by atoms with van der Waals surface area (Å²) in [6.45, 7) is -0.377. The Balaban J connectivity index is 2.03. The van der Waals surface area contributed by atoms with E-state index in [-0.39, 0.29) is 6.61 Å². The number of hydrogen-bond acceptors (Lipinski definition) is 8. The third kappa shape index (κ3) is 1.83. The third-order valence-corrected chi connectivity index (χ3v) is 3.39. The van der Waals surface area contributed by atoms with Crippen LogP contribution in [0.5, 0.6) is 0 Å². The maximum absolute atomic E-state index is 10.0. The van der Waals surface area contributed by atoms with Crippen LogP contribution in [-0.2, 0) is 4.74 Å². The van der Waals surface area contributed by atoms with Gasteiger partial charge in [0, 0.05) is 7.05 Å². The van der Waals surface area contributed by atoms with E-state index >= 15 is 0 Å². The number of imidazole rings is 1. The molecular weight excluding hydrogens is 266 g/mol. The normalized spacial score (nSPS) is 30.0. The summed E-state index contributed by atoms with van der Waals surface area (Å²) in [4.78, 5) is 12.3. The zero-order chi connectivity index (χ0) is 14.3. The summed E-state index contributed by atoms with van der Waals surface area (Å²) in [5.41, 5.74) is 1.01. The number of aromatic nitrogens is 4. The van der Waals surface area contributed by atoms with Crippen molar-refractivity contribution >= 4 is 17.0 Å². The second kappa shape index (κ2) is 4.94. The molecule has 2 aromatic rings. The number of nitrogens with one attached hydrogen (secondary N) is 1. The first-order valence-corrected chi connectivity index (χ1v) is 6.15. The summed E-state index contributed by atoms with van der Waals surface area (Å²) in [6.07, 6.45) is -1.19. The van der Waals surface area contributed by atoms with Crippen molar-refractivity contribution in [2.24, 2.45) is 0 Å². The second-order valence-electron chi connectivity index (χ2n) is 4.53. The van der Waals surface area contributed by atoms with E-state index < -0.39 is 24.5 Å². The highest BCUT2D eigenvalue weighted by molar-refractivity contribution is 5.82. The van der Waals surface area contributed by atoms with Crippen LogP contribution < -0.4 is 5.32 Å². The Labute approximate surface area is 113 Å². The molecule has 108 valence electrons. The lowest BCUT2D eigenvalue weighted by molar-refractivity contribution is -0.0511. The minimum absolute atomic E-state index is 0.377. The van der Waals surface area contributed by atoms with Gasteiger partial charge in [-0.05, 0) is 0 Å². The molecule has 0 aliphatic carbocycles. The van der Waals surface area contributed by atoms with Gasteiger partial charge in [0.25, 0.3) is 0 Å². The van der Waals surface area contributed by atoms with Crippen LogP contribution in [-0.4, -0.2) is 66.8 Å². The number of fused-ring (bicyclic) bond motifs is 1. The molecule has 0 amide bonds. The number of rotatable bonds is 3. The average molecular weight is 281 g/mol. The average Bonchev–Trinajstić information content (AvgIpc) is 3.01. The van der Waals surface area contributed by atoms with Gasteiger partial charge in [0.15, 0.2) is 17.7 Å². The minimum atomic E-state index is -1.17. The third-order valence-electron chi connectivity index (χ3n) is 3.39. The molecule has 20 heavy (non-hydrogen) atoms. The van der Waals surface area contributed by atoms with Gasteiger partial charge in [0.05, 0.1) is 12.9 Å². The van der Waals surface area contributed by atoms with Crippen molar-refractivity contribution in [3.8, 4) is 0 Å². The van der Waals surface area contributed by atoms with E-state index in [1.807, 2.05) is 0 Å². The summed E-state index contributed by atoms with van der Waals surface area (Å²) in [6, 6.07) is 0. The summed E-state index contributed by atoms with van der Waals surface area (Å²) in [5, 5.41) is 31.8. The summed E-state index contributed by atoms with van der Waals surface area (Å²) < 4.78 is 6.97. The Morgan fingerprint density at radius 3 is 2.75 bits per heavy atom. The van der Waals surface area contributed by atoms with E-state index in [0.29, 0.717) is 17.0 Å². The summed E-state index contributed by atoms with van der Waals surface area (Å²) in [7, 11) is 1.72. The molecule has 3 heterocycles. The highest BCUT2D eigenvalue weighted by atomic mass is 16.6. The SMILES string of the molecule is CNc1ncnc2c1ncn2[C@@H]1O[C@H](CO)C(O)[C@@H]1O. The smallest absolute Gasteiger partial charge is 0.167 e. The lowest BCUT2D eigenvalue weighted by atomic mass is 10.1. The molecule has 3 rings (SSSR count). The van der Waals surface area contributed by atoms with Crippen molar-refractivity contribution in [1.29, 1.82) is 0 Å². The molecule has 4 atom stereocenters. The van der Waals surface area contributed by atoms with E-state index in [1.54, 1.807) is 7.05 Å². The molecule has 1 fully saturated rings. The fourth-order valence-corrected chi connectivity index (χ4v) is 2.33. The Morgan fingerprint density at radius 2 is 2.10 bits per heavy atom. The molecule has 0 radical (unpaired) electrons. The molecule has 0 bridgehead atoms. The van der Waals surface area contributed by atoms with Crippen molar-refractivity contribution < 1.29 is 20.1 Å². The molecule has 2 aromatic heterocycles. The molecule has 1 unspecified atom stereocenters. The lowest BCUT2D eigenvalue weighted by Gasteiger charge is -2.16. The van der Waals surface area contributed by atoms with Gasteiger partial charge in [-0.25, -0.2) is 15.0 Å². The molecule has 0 aromatic carbocycles. The van der Waals surface area contributed by atoms with Crippen LogP contribution in [0, 0.1) is 0 Å². The summed E-state index contributed by atoms with van der Waals surface area (Å²) >= 11 is 0. The Kier molecular flexibility index (Phi) is 3.26. The number of nitrogens with zero attached hydrogens (tertiary/aromatic N) is 4. The Morgan fingerprint density at radius 1 is 1.30 bits per heavy atom. The first-order chi connectivity index (χ1) is 9.67. The molecule has 1 saturated heterocycles. The fraction of sp³-hybridized carbons (Fsp3) is 0.545. The van der Waals surface area contributed by atoms with Crippen LogP contribution in [0.1, 0.15) is 6.23 Å². The molecule has 1 aliphatic rings. The number of aliphatic hydroxyl groups excluding tert-OH is 3. The van der Waals surface area contributed by atoms with Gasteiger partial charge in [-0.2, -0.15) is 0 Å². The fourth-order valence-electron chi connectivity index (χ4n) is 2.33. The van der Waals surface area contributed by atoms with Crippen molar-refractivity contribution in [2.45, 2.75) is 24.5 Å². The zero-order valence-electron chi connectivity index (χ0n) is 10.7. The van der Waals surface area contributed by atoms with Gasteiger partial charge in [0.1, 0.15) is 30.2 Å². The number of ether oxygens (including phenoxy) is 1. The van der Waals surface area contributed by atoms with E-state index in [4.69, 9.17) is 9.84 Å². The van der Waals surface area contributed by atoms with Crippen molar-refractivity contribution in [2.75, 3.05) is 19.0 Å². The number of aliphatic hydroxyl groups is 3. The number of anilines is 1. The van der Waals surface area contributed by atoms with E-state index in [1.165, 1.54) is 17.2 Å². The standard InChI is InChI=1S/C11H15N5O4/c1-12-9-6-10(14-3-13-9)16(4-15-6)11-8(19)7(18)5(2-17)20-11/h3-5,7-8,11,17-19H,2H2,1H3,(H,12,13,14)/t5-,7?,8+,11-/m1/s1. The first kappa shape index (κ1) is 13.2. The quantitative estimate of drug-likeness (QED) is 0.534. The minimum Gasteiger partial charge on any atom is -0.394 e. The van der Waals surface area contributed by atoms with Crippen molar-refractivity contribution in [1.82, 2.24) is 19.5 Å². The largest absolute Gasteiger partial charge is 0.394 e. The summed E-state index contributed by atoms with van der Waals surface area (Å²) in [5.74, 6) is 0.556. The van der Waals surface area contributed by atoms with Gasteiger partial charge >= 0.3 is 0 Å². The predicted octanol–water partition coefficient (Wildman–Crippen LogP) is -1.52. The highest BCUT2D eigenvalue weighted by Crippen LogP contribution is 2.31. The van der Waals surface area contributed by atoms with Crippen LogP contribution in [0.25, 0.3) is 11.2 Å². The van der Waals surface area contributed by atoms with Crippen LogP contribution >= 0.6 is 0 Å². The van der Waals surface area contributed by atoms with Crippen LogP contribution in [0.3, 0.4) is 0 Å². The Bertz CT molecular complexity index is 618. The van der Waals surface area contributed by atoms with Gasteiger partial charge < -0.3 is 25.4 Å². The van der Waals surface area contributed by atoms with Gasteiger partial charge in [-0.3, -0.25) is 4.57 Å².